The van der Waals surface area contributed by atoms with Crippen LogP contribution >= 0.6 is 0 Å². The van der Waals surface area contributed by atoms with Crippen molar-refractivity contribution in [1.29, 1.82) is 0 Å². The van der Waals surface area contributed by atoms with Crippen molar-refractivity contribution in [2.45, 2.75) is 45.1 Å². The third-order valence-electron chi connectivity index (χ3n) is 3.39. The number of aromatic nitrogens is 1. The van der Waals surface area contributed by atoms with Crippen LogP contribution in [0.1, 0.15) is 38.2 Å². The first-order chi connectivity index (χ1) is 7.33. The summed E-state index contributed by atoms with van der Waals surface area (Å²) < 4.78 is 0. The number of pyridine rings is 1. The number of anilines is 1. The fourth-order valence-corrected chi connectivity index (χ4v) is 2.41. The Morgan fingerprint density at radius 2 is 2.40 bits per heavy atom. The van der Waals surface area contributed by atoms with E-state index in [1.807, 2.05) is 12.3 Å². The molecule has 0 saturated heterocycles. The Morgan fingerprint density at radius 3 is 3.20 bits per heavy atom. The van der Waals surface area contributed by atoms with Crippen molar-refractivity contribution in [3.8, 4) is 0 Å². The molecule has 2 nitrogen and oxygen atoms in total. The number of fused-ring (bicyclic) bond motifs is 1. The lowest BCUT2D eigenvalue weighted by atomic mass is 9.95. The van der Waals surface area contributed by atoms with Gasteiger partial charge in [-0.25, -0.2) is 4.98 Å². The largest absolute Gasteiger partial charge is 0.356 e. The van der Waals surface area contributed by atoms with Gasteiger partial charge in [-0.2, -0.15) is 0 Å². The molecular weight excluding hydrogens is 184 g/mol. The second kappa shape index (κ2) is 4.65. The zero-order valence-electron chi connectivity index (χ0n) is 9.74. The van der Waals surface area contributed by atoms with Gasteiger partial charge >= 0.3 is 0 Å². The number of rotatable bonds is 3. The van der Waals surface area contributed by atoms with Crippen LogP contribution in [-0.4, -0.2) is 18.1 Å². The lowest BCUT2D eigenvalue weighted by Crippen LogP contribution is -2.36. The first-order valence-electron chi connectivity index (χ1n) is 5.99. The van der Waals surface area contributed by atoms with Crippen LogP contribution in [0.5, 0.6) is 0 Å². The van der Waals surface area contributed by atoms with Gasteiger partial charge in [0.05, 0.1) is 0 Å². The normalized spacial score (nSPS) is 20.1. The summed E-state index contributed by atoms with van der Waals surface area (Å²) in [6.45, 7) is 2.26. The van der Waals surface area contributed by atoms with Crippen LogP contribution < -0.4 is 4.90 Å². The molecule has 0 radical (unpaired) electrons. The van der Waals surface area contributed by atoms with Gasteiger partial charge in [-0.15, -0.1) is 0 Å². The van der Waals surface area contributed by atoms with Crippen LogP contribution in [0, 0.1) is 0 Å². The van der Waals surface area contributed by atoms with E-state index in [1.165, 1.54) is 43.5 Å². The van der Waals surface area contributed by atoms with E-state index in [-0.39, 0.29) is 0 Å². The predicted octanol–water partition coefficient (Wildman–Crippen LogP) is 3.02. The summed E-state index contributed by atoms with van der Waals surface area (Å²) in [6, 6.07) is 4.95. The molecule has 1 atom stereocenters. The quantitative estimate of drug-likeness (QED) is 0.752. The van der Waals surface area contributed by atoms with Crippen molar-refractivity contribution in [3.63, 3.8) is 0 Å². The molecule has 1 aromatic rings. The second-order valence-electron chi connectivity index (χ2n) is 4.43. The molecule has 2 heteroatoms. The molecule has 2 rings (SSSR count). The van der Waals surface area contributed by atoms with E-state index >= 15 is 0 Å². The van der Waals surface area contributed by atoms with E-state index in [0.29, 0.717) is 6.04 Å². The molecule has 0 fully saturated rings. The fraction of sp³-hybridized carbons (Fsp3) is 0.615. The van der Waals surface area contributed by atoms with E-state index in [0.717, 1.165) is 0 Å². The molecule has 0 saturated carbocycles. The topological polar surface area (TPSA) is 16.1 Å². The van der Waals surface area contributed by atoms with Crippen LogP contribution in [0.3, 0.4) is 0 Å². The molecule has 0 aromatic carbocycles. The highest BCUT2D eigenvalue weighted by Gasteiger charge is 2.23. The highest BCUT2D eigenvalue weighted by molar-refractivity contribution is 5.49. The lowest BCUT2D eigenvalue weighted by molar-refractivity contribution is 0.496. The average molecular weight is 204 g/mol. The standard InChI is InChI=1S/C13H20N2/c1-3-4-7-12-9-8-11-6-5-10-14-13(11)15(12)2/h5-6,10,12H,3-4,7-9H2,1-2H3. The van der Waals surface area contributed by atoms with Crippen LogP contribution in [0.2, 0.25) is 0 Å². The molecule has 0 bridgehead atoms. The van der Waals surface area contributed by atoms with E-state index in [9.17, 15) is 0 Å². The van der Waals surface area contributed by atoms with Gasteiger partial charge in [0.2, 0.25) is 0 Å². The van der Waals surface area contributed by atoms with Gasteiger partial charge in [0, 0.05) is 19.3 Å². The van der Waals surface area contributed by atoms with Gasteiger partial charge in [-0.3, -0.25) is 0 Å². The summed E-state index contributed by atoms with van der Waals surface area (Å²) in [7, 11) is 2.19. The zero-order chi connectivity index (χ0) is 10.7. The average Bonchev–Trinajstić information content (AvgIpc) is 2.29. The first-order valence-corrected chi connectivity index (χ1v) is 5.99. The van der Waals surface area contributed by atoms with Crippen molar-refractivity contribution >= 4 is 5.82 Å². The van der Waals surface area contributed by atoms with Gasteiger partial charge in [0.15, 0.2) is 0 Å². The number of hydrogen-bond donors (Lipinski definition) is 0. The van der Waals surface area contributed by atoms with Crippen molar-refractivity contribution in [1.82, 2.24) is 4.98 Å². The maximum atomic E-state index is 4.48. The Hall–Kier alpha value is -1.05. The maximum absolute atomic E-state index is 4.48. The molecule has 2 heterocycles. The molecule has 15 heavy (non-hydrogen) atoms. The second-order valence-corrected chi connectivity index (χ2v) is 4.43. The highest BCUT2D eigenvalue weighted by atomic mass is 15.2. The number of unbranched alkanes of at least 4 members (excludes halogenated alkanes) is 1. The maximum Gasteiger partial charge on any atom is 0.131 e. The Kier molecular flexibility index (Phi) is 3.24. The molecule has 1 unspecified atom stereocenters. The zero-order valence-corrected chi connectivity index (χ0v) is 9.74. The lowest BCUT2D eigenvalue weighted by Gasteiger charge is -2.34. The Labute approximate surface area is 92.3 Å². The third kappa shape index (κ3) is 2.14. The SMILES string of the molecule is CCCCC1CCc2cccnc2N1C. The van der Waals surface area contributed by atoms with Gasteiger partial charge in [0.1, 0.15) is 5.82 Å². The molecule has 0 aliphatic carbocycles. The minimum Gasteiger partial charge on any atom is -0.356 e. The Morgan fingerprint density at radius 1 is 1.53 bits per heavy atom. The Balaban J connectivity index is 2.11. The summed E-state index contributed by atoms with van der Waals surface area (Å²) in [5, 5.41) is 0. The van der Waals surface area contributed by atoms with Gasteiger partial charge in [0.25, 0.3) is 0 Å². The molecule has 0 spiro atoms. The molecule has 82 valence electrons. The molecule has 0 amide bonds. The molecule has 1 aliphatic rings. The summed E-state index contributed by atoms with van der Waals surface area (Å²) in [5.74, 6) is 1.20. The number of nitrogens with zero attached hydrogens (tertiary/aromatic N) is 2. The van der Waals surface area contributed by atoms with Crippen molar-refractivity contribution in [2.75, 3.05) is 11.9 Å². The van der Waals surface area contributed by atoms with Crippen LogP contribution in [0.15, 0.2) is 18.3 Å². The van der Waals surface area contributed by atoms with E-state index in [2.05, 4.69) is 29.9 Å². The van der Waals surface area contributed by atoms with Gasteiger partial charge in [-0.05, 0) is 30.9 Å². The minimum absolute atomic E-state index is 0.701. The third-order valence-corrected chi connectivity index (χ3v) is 3.39. The van der Waals surface area contributed by atoms with Gasteiger partial charge in [-0.1, -0.05) is 25.8 Å². The van der Waals surface area contributed by atoms with Crippen molar-refractivity contribution in [2.24, 2.45) is 0 Å². The van der Waals surface area contributed by atoms with Crippen molar-refractivity contribution in [3.05, 3.63) is 23.9 Å². The summed E-state index contributed by atoms with van der Waals surface area (Å²) in [5.41, 5.74) is 1.41. The summed E-state index contributed by atoms with van der Waals surface area (Å²) >= 11 is 0. The monoisotopic (exact) mass is 204 g/mol. The Bertz CT molecular complexity index is 322. The van der Waals surface area contributed by atoms with Crippen molar-refractivity contribution < 1.29 is 0 Å². The molecular formula is C13H20N2. The molecule has 1 aromatic heterocycles. The smallest absolute Gasteiger partial charge is 0.131 e. The first kappa shape index (κ1) is 10.5. The summed E-state index contributed by atoms with van der Waals surface area (Å²) in [4.78, 5) is 6.85. The summed E-state index contributed by atoms with van der Waals surface area (Å²) in [6.07, 6.45) is 8.31. The molecule has 1 aliphatic heterocycles. The van der Waals surface area contributed by atoms with E-state index in [4.69, 9.17) is 0 Å². The fourth-order valence-electron chi connectivity index (χ4n) is 2.41. The number of hydrogen-bond acceptors (Lipinski definition) is 2. The van der Waals surface area contributed by atoms with Crippen LogP contribution in [0.4, 0.5) is 5.82 Å². The number of aryl methyl sites for hydroxylation is 1. The van der Waals surface area contributed by atoms with E-state index < -0.39 is 0 Å². The van der Waals surface area contributed by atoms with Gasteiger partial charge < -0.3 is 4.90 Å². The van der Waals surface area contributed by atoms with Crippen LogP contribution in [-0.2, 0) is 6.42 Å². The van der Waals surface area contributed by atoms with Crippen LogP contribution in [0.25, 0.3) is 0 Å². The minimum atomic E-state index is 0.701. The highest BCUT2D eigenvalue weighted by Crippen LogP contribution is 2.28. The molecule has 0 N–H and O–H groups in total. The predicted molar refractivity (Wildman–Crippen MR) is 64.3 cm³/mol. The van der Waals surface area contributed by atoms with E-state index in [1.54, 1.807) is 0 Å².